The molecule has 0 aliphatic heterocycles. The summed E-state index contributed by atoms with van der Waals surface area (Å²) >= 11 is 0. The second-order valence-electron chi connectivity index (χ2n) is 1.73. The molecule has 0 aromatic carbocycles. The number of H-pyrrole nitrogens is 2. The predicted molar refractivity (Wildman–Crippen MR) is 32.8 cm³/mol. The molecule has 7 heteroatoms. The van der Waals surface area contributed by atoms with E-state index < -0.39 is 0 Å². The first-order valence-corrected chi connectivity index (χ1v) is 2.86. The molecule has 11 heavy (non-hydrogen) atoms. The lowest BCUT2D eigenvalue weighted by atomic mass is 10.8. The van der Waals surface area contributed by atoms with E-state index in [2.05, 4.69) is 30.8 Å². The van der Waals surface area contributed by atoms with Gasteiger partial charge in [-0.1, -0.05) is 20.6 Å². The van der Waals surface area contributed by atoms with Gasteiger partial charge in [-0.25, -0.2) is 0 Å². The van der Waals surface area contributed by atoms with Gasteiger partial charge in [-0.05, 0) is 0 Å². The van der Waals surface area contributed by atoms with Gasteiger partial charge in [-0.2, -0.15) is 0 Å². The van der Waals surface area contributed by atoms with E-state index in [1.807, 2.05) is 0 Å². The van der Waals surface area contributed by atoms with Crippen molar-refractivity contribution in [3.05, 3.63) is 12.4 Å². The van der Waals surface area contributed by atoms with Crippen molar-refractivity contribution in [1.29, 1.82) is 0 Å². The number of aromatic nitrogens is 6. The van der Waals surface area contributed by atoms with Gasteiger partial charge in [0.2, 0.25) is 0 Å². The average Bonchev–Trinajstić information content (AvgIpc) is 2.60. The summed E-state index contributed by atoms with van der Waals surface area (Å²) in [4.78, 5) is 0. The molecule has 0 aliphatic rings. The fourth-order valence-corrected chi connectivity index (χ4v) is 0.589. The number of ether oxygens (including phenoxy) is 1. The molecule has 0 aliphatic carbocycles. The minimum Gasteiger partial charge on any atom is -0.414 e. The molecule has 2 aromatic rings. The molecule has 0 radical (unpaired) electrons. The maximum Gasteiger partial charge on any atom is 0.260 e. The Hall–Kier alpha value is -1.92. The van der Waals surface area contributed by atoms with E-state index in [0.717, 1.165) is 0 Å². The molecular weight excluding hydrogens is 148 g/mol. The summed E-state index contributed by atoms with van der Waals surface area (Å²) in [6.07, 6.45) is 3.02. The second kappa shape index (κ2) is 2.37. The summed E-state index contributed by atoms with van der Waals surface area (Å²) in [6.45, 7) is 0. The van der Waals surface area contributed by atoms with Crippen LogP contribution in [-0.2, 0) is 0 Å². The van der Waals surface area contributed by atoms with Crippen LogP contribution in [0.2, 0.25) is 0 Å². The summed E-state index contributed by atoms with van der Waals surface area (Å²) in [5.74, 6) is 0.720. The molecule has 0 bridgehead atoms. The fraction of sp³-hybridized carbons (Fsp3) is 0. The Bertz CT molecular complexity index is 267. The molecule has 56 valence electrons. The van der Waals surface area contributed by atoms with Gasteiger partial charge in [-0.15, -0.1) is 0 Å². The largest absolute Gasteiger partial charge is 0.414 e. The lowest BCUT2D eigenvalue weighted by Gasteiger charge is -1.90. The highest BCUT2D eigenvalue weighted by Crippen LogP contribution is 2.11. The Morgan fingerprint density at radius 3 is 1.91 bits per heavy atom. The van der Waals surface area contributed by atoms with Gasteiger partial charge in [-0.3, -0.25) is 10.2 Å². The summed E-state index contributed by atoms with van der Waals surface area (Å²) in [5.41, 5.74) is 0. The minimum absolute atomic E-state index is 0.360. The molecule has 2 aromatic heterocycles. The van der Waals surface area contributed by atoms with E-state index in [1.165, 1.54) is 12.4 Å². The van der Waals surface area contributed by atoms with E-state index in [0.29, 0.717) is 11.8 Å². The van der Waals surface area contributed by atoms with E-state index in [-0.39, 0.29) is 0 Å². The summed E-state index contributed by atoms with van der Waals surface area (Å²) < 4.78 is 5.05. The van der Waals surface area contributed by atoms with Crippen molar-refractivity contribution < 1.29 is 4.74 Å². The SMILES string of the molecule is c1[nH]nnc1Oc1c[nH]nn1. The van der Waals surface area contributed by atoms with Crippen LogP contribution in [0.1, 0.15) is 0 Å². The Labute approximate surface area is 60.8 Å². The van der Waals surface area contributed by atoms with Crippen molar-refractivity contribution in [1.82, 2.24) is 30.8 Å². The van der Waals surface area contributed by atoms with Crippen LogP contribution in [0.25, 0.3) is 0 Å². The van der Waals surface area contributed by atoms with Crippen molar-refractivity contribution in [2.45, 2.75) is 0 Å². The highest BCUT2D eigenvalue weighted by Gasteiger charge is 1.99. The fourth-order valence-electron chi connectivity index (χ4n) is 0.589. The van der Waals surface area contributed by atoms with Crippen LogP contribution < -0.4 is 4.74 Å². The molecule has 0 fully saturated rings. The first-order valence-electron chi connectivity index (χ1n) is 2.86. The lowest BCUT2D eigenvalue weighted by Crippen LogP contribution is -1.83. The Morgan fingerprint density at radius 2 is 1.55 bits per heavy atom. The molecule has 0 spiro atoms. The topological polar surface area (TPSA) is 92.4 Å². The third-order valence-electron chi connectivity index (χ3n) is 0.998. The van der Waals surface area contributed by atoms with Gasteiger partial charge in [0.05, 0.1) is 12.4 Å². The zero-order valence-electron chi connectivity index (χ0n) is 5.35. The van der Waals surface area contributed by atoms with Gasteiger partial charge in [0.1, 0.15) is 0 Å². The Balaban J connectivity index is 2.14. The lowest BCUT2D eigenvalue weighted by molar-refractivity contribution is 0.442. The standard InChI is InChI=1S/C4H4N6O/c1-3(7-9-5-1)11-4-2-6-10-8-4/h1-2H,(H,5,7,9)(H,6,8,10). The van der Waals surface area contributed by atoms with Crippen molar-refractivity contribution >= 4 is 0 Å². The third-order valence-corrected chi connectivity index (χ3v) is 0.998. The van der Waals surface area contributed by atoms with Crippen LogP contribution in [0, 0.1) is 0 Å². The van der Waals surface area contributed by atoms with Crippen LogP contribution in [0.5, 0.6) is 11.8 Å². The van der Waals surface area contributed by atoms with Crippen molar-refractivity contribution in [3.63, 3.8) is 0 Å². The van der Waals surface area contributed by atoms with E-state index >= 15 is 0 Å². The van der Waals surface area contributed by atoms with Crippen molar-refractivity contribution in [3.8, 4) is 11.8 Å². The number of rotatable bonds is 2. The molecule has 2 heterocycles. The van der Waals surface area contributed by atoms with Gasteiger partial charge >= 0.3 is 0 Å². The molecule has 0 unspecified atom stereocenters. The van der Waals surface area contributed by atoms with E-state index in [1.54, 1.807) is 0 Å². The zero-order valence-corrected chi connectivity index (χ0v) is 5.35. The normalized spacial score (nSPS) is 9.82. The van der Waals surface area contributed by atoms with Crippen LogP contribution >= 0.6 is 0 Å². The Morgan fingerprint density at radius 1 is 1.00 bits per heavy atom. The number of hydrogen-bond donors (Lipinski definition) is 2. The Kier molecular flexibility index (Phi) is 1.26. The van der Waals surface area contributed by atoms with Crippen LogP contribution in [-0.4, -0.2) is 30.8 Å². The summed E-state index contributed by atoms with van der Waals surface area (Å²) in [7, 11) is 0. The zero-order chi connectivity index (χ0) is 7.52. The molecule has 2 N–H and O–H groups in total. The van der Waals surface area contributed by atoms with Crippen molar-refractivity contribution in [2.75, 3.05) is 0 Å². The maximum absolute atomic E-state index is 5.05. The number of nitrogens with zero attached hydrogens (tertiary/aromatic N) is 4. The summed E-state index contributed by atoms with van der Waals surface area (Å²) in [6, 6.07) is 0. The summed E-state index contributed by atoms with van der Waals surface area (Å²) in [5, 5.41) is 19.0. The molecule has 0 amide bonds. The van der Waals surface area contributed by atoms with Crippen LogP contribution in [0.3, 0.4) is 0 Å². The number of aromatic amines is 2. The third kappa shape index (κ3) is 1.16. The first kappa shape index (κ1) is 5.83. The van der Waals surface area contributed by atoms with Gasteiger partial charge in [0.25, 0.3) is 11.8 Å². The highest BCUT2D eigenvalue weighted by atomic mass is 16.5. The maximum atomic E-state index is 5.05. The van der Waals surface area contributed by atoms with Gasteiger partial charge in [0.15, 0.2) is 0 Å². The molecule has 0 saturated carbocycles. The first-order chi connectivity index (χ1) is 5.45. The van der Waals surface area contributed by atoms with E-state index in [9.17, 15) is 0 Å². The van der Waals surface area contributed by atoms with Gasteiger partial charge in [0, 0.05) is 0 Å². The van der Waals surface area contributed by atoms with E-state index in [4.69, 9.17) is 4.74 Å². The molecule has 0 atom stereocenters. The monoisotopic (exact) mass is 152 g/mol. The van der Waals surface area contributed by atoms with Gasteiger partial charge < -0.3 is 4.74 Å². The van der Waals surface area contributed by atoms with Crippen LogP contribution in [0.15, 0.2) is 12.4 Å². The molecular formula is C4H4N6O. The highest BCUT2D eigenvalue weighted by molar-refractivity contribution is 5.09. The number of hydrogen-bond acceptors (Lipinski definition) is 5. The number of nitrogens with one attached hydrogen (secondary N) is 2. The molecule has 7 nitrogen and oxygen atoms in total. The quantitative estimate of drug-likeness (QED) is 0.617. The van der Waals surface area contributed by atoms with Crippen molar-refractivity contribution in [2.24, 2.45) is 0 Å². The second-order valence-corrected chi connectivity index (χ2v) is 1.73. The van der Waals surface area contributed by atoms with Crippen LogP contribution in [0.4, 0.5) is 0 Å². The predicted octanol–water partition coefficient (Wildman–Crippen LogP) is -0.285. The smallest absolute Gasteiger partial charge is 0.260 e. The minimum atomic E-state index is 0.360. The molecule has 0 saturated heterocycles. The molecule has 2 rings (SSSR count). The average molecular weight is 152 g/mol.